The van der Waals surface area contributed by atoms with Gasteiger partial charge < -0.3 is 4.57 Å². The largest absolute Gasteiger partial charge is 0.335 e. The van der Waals surface area contributed by atoms with Crippen molar-refractivity contribution in [3.8, 4) is 0 Å². The molecule has 12 rings (SSSR count). The SMILES string of the molecule is C.C.C.C.C.C.CC.CC.CC.CC.CC.CC.CC.CC.CC.CC.CC.CC.CC.CC.CC.CC.CC.CCc1cc(C)nc2ccnn12.CCc1nc(C)nc2c1CN=C2C.CCc1nc(C)nc2c1ccn2C.CCc1nc(C)nc2ccnn12.CCc1nc(C)nc2ccsc12.CCc1nc(C)nc2sccc12.[B].[B].[B].[B].[B].[B]. The molecule has 0 fully saturated rings. The lowest BCUT2D eigenvalue weighted by Crippen LogP contribution is -2.05. The molecule has 0 N–H and O–H groups in total. The summed E-state index contributed by atoms with van der Waals surface area (Å²) in [6.07, 6.45) is 11.3. The van der Waals surface area contributed by atoms with Crippen molar-refractivity contribution in [3.05, 3.63) is 146 Å². The van der Waals surface area contributed by atoms with Gasteiger partial charge in [-0.2, -0.15) is 10.2 Å². The van der Waals surface area contributed by atoms with E-state index in [0.29, 0.717) is 0 Å². The summed E-state index contributed by atoms with van der Waals surface area (Å²) in [6.45, 7) is 95.1. The molecule has 120 heavy (non-hydrogen) atoms. The fraction of sp³-hybridized carbons (Fsp3) is 0.642. The lowest BCUT2D eigenvalue weighted by Gasteiger charge is -2.05. The zero-order valence-electron chi connectivity index (χ0n) is 82.7. The van der Waals surface area contributed by atoms with Gasteiger partial charge in [-0.3, -0.25) is 4.99 Å². The topological polar surface area (TPSA) is 194 Å². The van der Waals surface area contributed by atoms with E-state index in [-0.39, 0.29) is 95.0 Å². The molecule has 1 aliphatic rings. The standard InChI is InChI=1S/2C10H13N3.C9H11N3.2C9H10N2S.C8H10N4.17C2H6.6CH4.6B/c1-4-9-8-5-6-13(3)10(8)12-7(2)11-9;1-4-9-8-5-11-6(2)10(8)13-7(3)12-9;1-3-8-6-7(2)11-9-4-5-10-12(8)9;1-3-8-7-4-5-12-9(7)11-6(2)10-8;1-3-7-9-8(4-5-12-9)11-6(2)10-7;1-3-7-10-6(2)11-8-4-5-9-12(7)8;17*1-2;;;;;;;;;;;;/h5-6H,4H2,1-3H3;4-5H2,1-3H3;4-6H,3H2,1-2H3;3*4-5H,3H2,1-2H3;17*1-2H3;6*1H4;;;;;;. The fourth-order valence-corrected chi connectivity index (χ4v) is 10.2. The molecule has 0 unspecified atom stereocenters. The van der Waals surface area contributed by atoms with E-state index >= 15 is 0 Å². The second-order valence-corrected chi connectivity index (χ2v) is 19.2. The average Bonchev–Trinajstić information content (AvgIpc) is 1.67. The van der Waals surface area contributed by atoms with E-state index in [1.54, 1.807) is 39.6 Å². The van der Waals surface area contributed by atoms with Crippen LogP contribution in [0.1, 0.15) is 409 Å². The van der Waals surface area contributed by atoms with Crippen molar-refractivity contribution in [1.82, 2.24) is 78.6 Å². The van der Waals surface area contributed by atoms with E-state index in [2.05, 4.69) is 141 Å². The predicted molar refractivity (Wildman–Crippen MR) is 568 cm³/mol. The Hall–Kier alpha value is -6.99. The monoisotopic (exact) mass is 1700 g/mol. The first kappa shape index (κ1) is 175. The van der Waals surface area contributed by atoms with Gasteiger partial charge in [0.25, 0.3) is 0 Å². The van der Waals surface area contributed by atoms with Gasteiger partial charge >= 0.3 is 0 Å². The first-order valence-electron chi connectivity index (χ1n) is 42.2. The molecule has 17 nitrogen and oxygen atoms in total. The summed E-state index contributed by atoms with van der Waals surface area (Å²) in [4.78, 5) is 53.4. The van der Waals surface area contributed by atoms with Gasteiger partial charge in [0.2, 0.25) is 0 Å². The normalized spacial score (nSPS) is 7.92. The summed E-state index contributed by atoms with van der Waals surface area (Å²) in [5.74, 6) is 5.22. The fourth-order valence-electron chi connectivity index (χ4n) is 8.47. The molecule has 1 aliphatic heterocycles. The minimum Gasteiger partial charge on any atom is -0.335 e. The zero-order valence-corrected chi connectivity index (χ0v) is 84.3. The Morgan fingerprint density at radius 2 is 0.708 bits per heavy atom. The van der Waals surface area contributed by atoms with Gasteiger partial charge in [-0.25, -0.2) is 63.9 Å². The highest BCUT2D eigenvalue weighted by Crippen LogP contribution is 2.24. The summed E-state index contributed by atoms with van der Waals surface area (Å²) in [5, 5.41) is 14.8. The Kier molecular flexibility index (Phi) is 183. The number of thiophene rings is 2. The van der Waals surface area contributed by atoms with Crippen LogP contribution in [0, 0.1) is 41.5 Å². The van der Waals surface area contributed by atoms with E-state index in [1.165, 1.54) is 38.1 Å². The van der Waals surface area contributed by atoms with Crippen LogP contribution < -0.4 is 0 Å². The quantitative estimate of drug-likeness (QED) is 0.143. The summed E-state index contributed by atoms with van der Waals surface area (Å²) >= 11 is 3.40. The highest BCUT2D eigenvalue weighted by Gasteiger charge is 2.18. The Balaban J connectivity index is -0.0000000410. The van der Waals surface area contributed by atoms with Crippen LogP contribution in [0.5, 0.6) is 0 Å². The van der Waals surface area contributed by atoms with E-state index in [4.69, 9.17) is 0 Å². The average molecular weight is 1700 g/mol. The number of fused-ring (bicyclic) bond motifs is 6. The molecule has 11 aromatic heterocycles. The Bertz CT molecular complexity index is 3420. The van der Waals surface area contributed by atoms with Crippen LogP contribution in [0.2, 0.25) is 0 Å². The molecule has 18 radical (unpaired) electrons. The number of hydrogen-bond acceptors (Lipinski definition) is 16. The Labute approximate surface area is 768 Å². The number of hydrogen-bond donors (Lipinski definition) is 0. The van der Waals surface area contributed by atoms with Crippen LogP contribution in [0.25, 0.3) is 42.8 Å². The third-order valence-corrected chi connectivity index (χ3v) is 13.7. The molecule has 0 aromatic carbocycles. The van der Waals surface area contributed by atoms with Crippen molar-refractivity contribution in [2.24, 2.45) is 12.0 Å². The van der Waals surface area contributed by atoms with Crippen LogP contribution in [-0.4, -0.2) is 135 Å². The number of rotatable bonds is 6. The van der Waals surface area contributed by atoms with Crippen molar-refractivity contribution in [2.75, 3.05) is 0 Å². The molecule has 0 saturated carbocycles. The third kappa shape index (κ3) is 65.7. The van der Waals surface area contributed by atoms with Gasteiger partial charge in [-0.05, 0) is 116 Å². The van der Waals surface area contributed by atoms with Gasteiger partial charge in [0.1, 0.15) is 45.4 Å². The molecule has 0 spiro atoms. The second-order valence-electron chi connectivity index (χ2n) is 17.4. The molecule has 11 aromatic rings. The Morgan fingerprint density at radius 3 is 1.13 bits per heavy atom. The summed E-state index contributed by atoms with van der Waals surface area (Å²) in [5.41, 5.74) is 14.2. The van der Waals surface area contributed by atoms with Crippen LogP contribution in [0.3, 0.4) is 0 Å². The van der Waals surface area contributed by atoms with Crippen LogP contribution >= 0.6 is 22.7 Å². The highest BCUT2D eigenvalue weighted by molar-refractivity contribution is 7.17. The van der Waals surface area contributed by atoms with Crippen molar-refractivity contribution in [2.45, 2.75) is 415 Å². The number of aliphatic imine (C=N–C) groups is 1. The molecule has 688 valence electrons. The maximum Gasteiger partial charge on any atom is 0.159 e. The lowest BCUT2D eigenvalue weighted by molar-refractivity contribution is 0.775. The summed E-state index contributed by atoms with van der Waals surface area (Å²) < 4.78 is 6.92. The molecule has 25 heteroatoms. The van der Waals surface area contributed by atoms with Crippen molar-refractivity contribution < 1.29 is 0 Å². The van der Waals surface area contributed by atoms with Crippen molar-refractivity contribution in [1.29, 1.82) is 0 Å². The Morgan fingerprint density at radius 1 is 0.342 bits per heavy atom. The van der Waals surface area contributed by atoms with Crippen molar-refractivity contribution >= 4 is 122 Å². The number of aromatic nitrogens is 16. The van der Waals surface area contributed by atoms with Gasteiger partial charge in [-0.1, -0.05) is 322 Å². The van der Waals surface area contributed by atoms with E-state index in [9.17, 15) is 0 Å². The zero-order chi connectivity index (χ0) is 87.1. The molecule has 0 atom stereocenters. The smallest absolute Gasteiger partial charge is 0.159 e. The molecule has 0 bridgehead atoms. The van der Waals surface area contributed by atoms with E-state index < -0.39 is 0 Å². The van der Waals surface area contributed by atoms with Gasteiger partial charge in [-0.15, -0.1) is 22.7 Å². The molecule has 0 amide bonds. The molecule has 0 saturated heterocycles. The van der Waals surface area contributed by atoms with Crippen LogP contribution in [-0.2, 0) is 52.1 Å². The predicted octanol–water partition coefficient (Wildman–Crippen LogP) is 30.2. The molecular weight excluding hydrogens is 1510 g/mol. The van der Waals surface area contributed by atoms with Gasteiger partial charge in [0.15, 0.2) is 11.3 Å². The van der Waals surface area contributed by atoms with Crippen LogP contribution in [0.15, 0.2) is 70.7 Å². The summed E-state index contributed by atoms with van der Waals surface area (Å²) in [6, 6.07) is 12.1. The molecular formula is C95H193B6N17S2. The first-order chi connectivity index (χ1) is 52.7. The molecule has 12 heterocycles. The van der Waals surface area contributed by atoms with Crippen molar-refractivity contribution in [3.63, 3.8) is 0 Å². The minimum atomic E-state index is 0. The first-order valence-corrected chi connectivity index (χ1v) is 44.0. The van der Waals surface area contributed by atoms with Gasteiger partial charge in [0.05, 0.1) is 57.6 Å². The summed E-state index contributed by atoms with van der Waals surface area (Å²) in [7, 11) is 2.01. The highest BCUT2D eigenvalue weighted by atomic mass is 32.1. The maximum atomic E-state index is 4.41. The molecule has 0 aliphatic carbocycles. The number of aryl methyl sites for hydroxylation is 13. The van der Waals surface area contributed by atoms with Gasteiger partial charge in [0, 0.05) is 116 Å². The van der Waals surface area contributed by atoms with E-state index in [0.717, 1.165) is 136 Å². The maximum absolute atomic E-state index is 4.41. The van der Waals surface area contributed by atoms with Crippen LogP contribution in [0.4, 0.5) is 0 Å². The minimum absolute atomic E-state index is 0. The van der Waals surface area contributed by atoms with E-state index in [1.807, 2.05) is 324 Å². The third-order valence-electron chi connectivity index (χ3n) is 12.0. The lowest BCUT2D eigenvalue weighted by atomic mass is 10.1. The number of nitrogens with zero attached hydrogens (tertiary/aromatic N) is 17. The second kappa shape index (κ2) is 125.